The first-order chi connectivity index (χ1) is 14.7. The molecule has 0 spiro atoms. The Morgan fingerprint density at radius 3 is 2.39 bits per heavy atom. The molecule has 0 radical (unpaired) electrons. The van der Waals surface area contributed by atoms with Crippen LogP contribution in [0.25, 0.3) is 5.76 Å². The minimum atomic E-state index is -0.732. The fraction of sp³-hybridized carbons (Fsp3) is 0.333. The molecule has 0 bridgehead atoms. The number of amides is 1. The van der Waals surface area contributed by atoms with Crippen LogP contribution in [-0.2, 0) is 9.59 Å². The zero-order valence-electron chi connectivity index (χ0n) is 18.3. The molecule has 2 aromatic rings. The molecule has 2 aromatic carbocycles. The fourth-order valence-corrected chi connectivity index (χ4v) is 3.85. The van der Waals surface area contributed by atoms with Crippen molar-refractivity contribution < 1.29 is 24.5 Å². The van der Waals surface area contributed by atoms with E-state index < -0.39 is 17.7 Å². The summed E-state index contributed by atoms with van der Waals surface area (Å²) in [5.74, 6) is -0.848. The average Bonchev–Trinajstić information content (AvgIpc) is 2.98. The smallest absolute Gasteiger partial charge is 0.295 e. The van der Waals surface area contributed by atoms with Gasteiger partial charge in [0.2, 0.25) is 0 Å². The summed E-state index contributed by atoms with van der Waals surface area (Å²) in [6, 6.07) is 10.8. The van der Waals surface area contributed by atoms with Gasteiger partial charge in [0.1, 0.15) is 17.3 Å². The Kier molecular flexibility index (Phi) is 6.65. The highest BCUT2D eigenvalue weighted by Gasteiger charge is 2.45. The second-order valence-corrected chi connectivity index (χ2v) is 7.92. The molecule has 1 saturated heterocycles. The van der Waals surface area contributed by atoms with Gasteiger partial charge < -0.3 is 24.7 Å². The van der Waals surface area contributed by atoms with Crippen LogP contribution in [0.15, 0.2) is 48.0 Å². The highest BCUT2D eigenvalue weighted by atomic mass is 16.5. The SMILES string of the molecule is COc1ccc(C(O)=C2C(=O)C(=O)N(CCCN(C)C)[C@H]2c2ccc(O)cc2)c(C)c1. The first-order valence-corrected chi connectivity index (χ1v) is 10.1. The van der Waals surface area contributed by atoms with Crippen molar-refractivity contribution in [2.24, 2.45) is 0 Å². The van der Waals surface area contributed by atoms with E-state index in [0.29, 0.717) is 29.8 Å². The van der Waals surface area contributed by atoms with Gasteiger partial charge in [-0.1, -0.05) is 12.1 Å². The monoisotopic (exact) mass is 424 g/mol. The molecule has 0 aromatic heterocycles. The van der Waals surface area contributed by atoms with E-state index in [1.807, 2.05) is 19.0 Å². The van der Waals surface area contributed by atoms with Crippen LogP contribution in [0.4, 0.5) is 0 Å². The van der Waals surface area contributed by atoms with Crippen LogP contribution in [0.5, 0.6) is 11.5 Å². The van der Waals surface area contributed by atoms with Gasteiger partial charge in [-0.25, -0.2) is 0 Å². The zero-order chi connectivity index (χ0) is 22.7. The first-order valence-electron chi connectivity index (χ1n) is 10.1. The summed E-state index contributed by atoms with van der Waals surface area (Å²) in [7, 11) is 5.44. The lowest BCUT2D eigenvalue weighted by Crippen LogP contribution is -2.32. The van der Waals surface area contributed by atoms with Crippen LogP contribution in [0, 0.1) is 6.92 Å². The predicted molar refractivity (Wildman–Crippen MR) is 118 cm³/mol. The molecule has 2 N–H and O–H groups in total. The molecule has 0 saturated carbocycles. The number of aliphatic hydroxyl groups is 1. The molecule has 1 fully saturated rings. The number of rotatable bonds is 7. The number of aromatic hydroxyl groups is 1. The summed E-state index contributed by atoms with van der Waals surface area (Å²) in [4.78, 5) is 29.4. The van der Waals surface area contributed by atoms with Gasteiger partial charge in [-0.05, 0) is 75.4 Å². The Balaban J connectivity index is 2.11. The van der Waals surface area contributed by atoms with E-state index in [-0.39, 0.29) is 17.1 Å². The van der Waals surface area contributed by atoms with E-state index in [4.69, 9.17) is 4.74 Å². The van der Waals surface area contributed by atoms with Gasteiger partial charge in [-0.3, -0.25) is 9.59 Å². The summed E-state index contributed by atoms with van der Waals surface area (Å²) in [6.07, 6.45) is 0.677. The quantitative estimate of drug-likeness (QED) is 0.403. The second-order valence-electron chi connectivity index (χ2n) is 7.92. The number of hydrogen-bond acceptors (Lipinski definition) is 6. The van der Waals surface area contributed by atoms with Gasteiger partial charge >= 0.3 is 0 Å². The standard InChI is InChI=1S/C24H28N2O5/c1-15-14-18(31-4)10-11-19(15)22(28)20-21(16-6-8-17(27)9-7-16)26(24(30)23(20)29)13-5-12-25(2)3/h6-11,14,21,27-28H,5,12-13H2,1-4H3/t21-/m0/s1. The van der Waals surface area contributed by atoms with E-state index in [1.54, 1.807) is 44.4 Å². The second kappa shape index (κ2) is 9.22. The number of carbonyl (C=O) groups is 2. The number of carbonyl (C=O) groups excluding carboxylic acids is 2. The van der Waals surface area contributed by atoms with E-state index in [9.17, 15) is 19.8 Å². The van der Waals surface area contributed by atoms with Crippen molar-refractivity contribution >= 4 is 17.4 Å². The molecule has 1 heterocycles. The van der Waals surface area contributed by atoms with Crippen LogP contribution >= 0.6 is 0 Å². The van der Waals surface area contributed by atoms with E-state index >= 15 is 0 Å². The molecule has 7 heteroatoms. The third kappa shape index (κ3) is 4.56. The molecule has 3 rings (SSSR count). The van der Waals surface area contributed by atoms with Gasteiger partial charge in [0.25, 0.3) is 11.7 Å². The lowest BCUT2D eigenvalue weighted by molar-refractivity contribution is -0.139. The molecule has 7 nitrogen and oxygen atoms in total. The molecule has 0 unspecified atom stereocenters. The van der Waals surface area contributed by atoms with Crippen molar-refractivity contribution in [2.75, 3.05) is 34.3 Å². The minimum absolute atomic E-state index is 0.0498. The molecule has 164 valence electrons. The Morgan fingerprint density at radius 1 is 1.13 bits per heavy atom. The van der Waals surface area contributed by atoms with Crippen molar-refractivity contribution in [3.05, 3.63) is 64.7 Å². The maximum Gasteiger partial charge on any atom is 0.295 e. The molecule has 1 amide bonds. The summed E-state index contributed by atoms with van der Waals surface area (Å²) in [6.45, 7) is 2.93. The number of methoxy groups -OCH3 is 1. The summed E-state index contributed by atoms with van der Waals surface area (Å²) in [5.41, 5.74) is 1.89. The predicted octanol–water partition coefficient (Wildman–Crippen LogP) is 3.08. The maximum absolute atomic E-state index is 13.0. The number of hydrogen-bond donors (Lipinski definition) is 2. The number of likely N-dealkylation sites (tertiary alicyclic amines) is 1. The first kappa shape index (κ1) is 22.4. The maximum atomic E-state index is 13.0. The third-order valence-corrected chi connectivity index (χ3v) is 5.44. The number of nitrogens with zero attached hydrogens (tertiary/aromatic N) is 2. The normalized spacial score (nSPS) is 18.1. The van der Waals surface area contributed by atoms with Gasteiger partial charge in [0, 0.05) is 12.1 Å². The Hall–Kier alpha value is -3.32. The van der Waals surface area contributed by atoms with Crippen LogP contribution in [0.2, 0.25) is 0 Å². The van der Waals surface area contributed by atoms with Crippen molar-refractivity contribution in [3.8, 4) is 11.5 Å². The molecular weight excluding hydrogens is 396 g/mol. The van der Waals surface area contributed by atoms with Crippen LogP contribution in [0.1, 0.15) is 29.2 Å². The lowest BCUT2D eigenvalue weighted by atomic mass is 9.94. The number of ketones is 1. The summed E-state index contributed by atoms with van der Waals surface area (Å²) < 4.78 is 5.22. The van der Waals surface area contributed by atoms with Crippen LogP contribution in [-0.4, -0.2) is 66.0 Å². The number of aryl methyl sites for hydroxylation is 1. The third-order valence-electron chi connectivity index (χ3n) is 5.44. The van der Waals surface area contributed by atoms with Gasteiger partial charge in [0.15, 0.2) is 0 Å². The fourth-order valence-electron chi connectivity index (χ4n) is 3.85. The Labute approximate surface area is 182 Å². The number of phenols is 1. The summed E-state index contributed by atoms with van der Waals surface area (Å²) in [5, 5.41) is 20.8. The number of aliphatic hydroxyl groups excluding tert-OH is 1. The van der Waals surface area contributed by atoms with Gasteiger partial charge in [-0.2, -0.15) is 0 Å². The molecule has 31 heavy (non-hydrogen) atoms. The largest absolute Gasteiger partial charge is 0.508 e. The van der Waals surface area contributed by atoms with E-state index in [0.717, 1.165) is 12.1 Å². The highest BCUT2D eigenvalue weighted by molar-refractivity contribution is 6.46. The van der Waals surface area contributed by atoms with Gasteiger partial charge in [0.05, 0.1) is 18.7 Å². The van der Waals surface area contributed by atoms with E-state index in [1.165, 1.54) is 17.0 Å². The highest BCUT2D eigenvalue weighted by Crippen LogP contribution is 2.40. The van der Waals surface area contributed by atoms with E-state index in [2.05, 4.69) is 0 Å². The topological polar surface area (TPSA) is 90.3 Å². The van der Waals surface area contributed by atoms with Crippen molar-refractivity contribution in [2.45, 2.75) is 19.4 Å². The lowest BCUT2D eigenvalue weighted by Gasteiger charge is -2.26. The molecular formula is C24H28N2O5. The van der Waals surface area contributed by atoms with Crippen molar-refractivity contribution in [1.82, 2.24) is 9.80 Å². The number of ether oxygens (including phenoxy) is 1. The van der Waals surface area contributed by atoms with Gasteiger partial charge in [-0.15, -0.1) is 0 Å². The molecule has 0 aliphatic carbocycles. The molecule has 1 aliphatic heterocycles. The molecule has 1 aliphatic rings. The Morgan fingerprint density at radius 2 is 1.81 bits per heavy atom. The van der Waals surface area contributed by atoms with Crippen molar-refractivity contribution in [3.63, 3.8) is 0 Å². The summed E-state index contributed by atoms with van der Waals surface area (Å²) >= 11 is 0. The zero-order valence-corrected chi connectivity index (χ0v) is 18.3. The number of benzene rings is 2. The minimum Gasteiger partial charge on any atom is -0.508 e. The number of Topliss-reactive ketones (excluding diaryl/α,β-unsaturated/α-hetero) is 1. The van der Waals surface area contributed by atoms with Crippen LogP contribution < -0.4 is 4.74 Å². The van der Waals surface area contributed by atoms with Crippen molar-refractivity contribution in [1.29, 1.82) is 0 Å². The average molecular weight is 424 g/mol. The molecule has 1 atom stereocenters. The number of phenolic OH excluding ortho intramolecular Hbond substituents is 1. The van der Waals surface area contributed by atoms with Crippen LogP contribution in [0.3, 0.4) is 0 Å². The Bertz CT molecular complexity index is 1010.